The third kappa shape index (κ3) is 5.51. The van der Waals surface area contributed by atoms with Crippen LogP contribution in [0.1, 0.15) is 30.7 Å². The molecule has 0 aromatic carbocycles. The van der Waals surface area contributed by atoms with Crippen LogP contribution in [0.4, 0.5) is 8.78 Å². The van der Waals surface area contributed by atoms with Crippen LogP contribution in [-0.4, -0.2) is 24.6 Å². The van der Waals surface area contributed by atoms with Crippen LogP contribution < -0.4 is 10.1 Å². The number of rotatable bonds is 7. The molecule has 0 bridgehead atoms. The summed E-state index contributed by atoms with van der Waals surface area (Å²) in [7, 11) is 0. The third-order valence-corrected chi connectivity index (χ3v) is 2.64. The summed E-state index contributed by atoms with van der Waals surface area (Å²) in [5.41, 5.74) is 2.63. The summed E-state index contributed by atoms with van der Waals surface area (Å²) in [4.78, 5) is 4.21. The van der Waals surface area contributed by atoms with E-state index in [1.54, 1.807) is 0 Å². The highest BCUT2D eigenvalue weighted by Gasteiger charge is 2.12. The molecular weight excluding hydrogens is 250 g/mol. The number of pyridine rings is 1. The highest BCUT2D eigenvalue weighted by molar-refractivity contribution is 5.35. The molecule has 19 heavy (non-hydrogen) atoms. The Balaban J connectivity index is 2.80. The first-order valence-corrected chi connectivity index (χ1v) is 6.49. The Kier molecular flexibility index (Phi) is 6.15. The SMILES string of the molecule is Cc1cc(C)c(CNCC(C)C)c(OCC(F)F)n1. The Morgan fingerprint density at radius 1 is 1.32 bits per heavy atom. The molecule has 108 valence electrons. The molecule has 5 heteroatoms. The topological polar surface area (TPSA) is 34.1 Å². The van der Waals surface area contributed by atoms with Gasteiger partial charge in [-0.3, -0.25) is 0 Å². The van der Waals surface area contributed by atoms with Crippen molar-refractivity contribution in [3.63, 3.8) is 0 Å². The number of nitrogens with one attached hydrogen (secondary N) is 1. The summed E-state index contributed by atoms with van der Waals surface area (Å²) in [5.74, 6) is 0.846. The minimum Gasteiger partial charge on any atom is -0.471 e. The standard InChI is InChI=1S/C14H22F2N2O/c1-9(2)6-17-7-12-10(3)5-11(4)18-14(12)19-8-13(15)16/h5,9,13,17H,6-8H2,1-4H3. The van der Waals surface area contributed by atoms with E-state index in [0.717, 1.165) is 23.4 Å². The molecule has 0 spiro atoms. The number of aryl methyl sites for hydroxylation is 2. The van der Waals surface area contributed by atoms with E-state index in [9.17, 15) is 8.78 Å². The summed E-state index contributed by atoms with van der Waals surface area (Å²) in [6.45, 7) is 8.82. The molecule has 0 aliphatic carbocycles. The van der Waals surface area contributed by atoms with E-state index in [-0.39, 0.29) is 0 Å². The van der Waals surface area contributed by atoms with Crippen LogP contribution >= 0.6 is 0 Å². The van der Waals surface area contributed by atoms with Gasteiger partial charge in [0.2, 0.25) is 5.88 Å². The Labute approximate surface area is 113 Å². The Hall–Kier alpha value is -1.23. The second-order valence-electron chi connectivity index (χ2n) is 5.09. The normalized spacial score (nSPS) is 11.4. The fourth-order valence-corrected chi connectivity index (χ4v) is 1.79. The third-order valence-electron chi connectivity index (χ3n) is 2.64. The molecule has 0 saturated heterocycles. The first-order chi connectivity index (χ1) is 8.90. The molecule has 0 aliphatic heterocycles. The highest BCUT2D eigenvalue weighted by Crippen LogP contribution is 2.21. The molecule has 0 saturated carbocycles. The first-order valence-electron chi connectivity index (χ1n) is 6.49. The predicted molar refractivity (Wildman–Crippen MR) is 71.8 cm³/mol. The second kappa shape index (κ2) is 7.38. The molecule has 0 radical (unpaired) electrons. The Bertz CT molecular complexity index is 409. The van der Waals surface area contributed by atoms with Gasteiger partial charge in [0.1, 0.15) is 0 Å². The van der Waals surface area contributed by atoms with Gasteiger partial charge in [-0.25, -0.2) is 13.8 Å². The zero-order valence-corrected chi connectivity index (χ0v) is 12.0. The van der Waals surface area contributed by atoms with Gasteiger partial charge >= 0.3 is 0 Å². The molecule has 1 aromatic rings. The first kappa shape index (κ1) is 15.8. The minimum atomic E-state index is -2.49. The minimum absolute atomic E-state index is 0.314. The monoisotopic (exact) mass is 272 g/mol. The predicted octanol–water partition coefficient (Wildman–Crippen LogP) is 3.09. The van der Waals surface area contributed by atoms with Crippen LogP contribution in [0.15, 0.2) is 6.07 Å². The molecular formula is C14H22F2N2O. The number of halogens is 2. The Morgan fingerprint density at radius 3 is 2.58 bits per heavy atom. The van der Waals surface area contributed by atoms with Gasteiger partial charge in [0.15, 0.2) is 6.61 Å². The van der Waals surface area contributed by atoms with E-state index < -0.39 is 13.0 Å². The molecule has 1 rings (SSSR count). The van der Waals surface area contributed by atoms with Gasteiger partial charge in [0, 0.05) is 17.8 Å². The second-order valence-corrected chi connectivity index (χ2v) is 5.09. The lowest BCUT2D eigenvalue weighted by Crippen LogP contribution is -2.21. The van der Waals surface area contributed by atoms with Crippen LogP contribution in [0.25, 0.3) is 0 Å². The lowest BCUT2D eigenvalue weighted by Gasteiger charge is -2.15. The molecule has 0 fully saturated rings. The maximum atomic E-state index is 12.2. The smallest absolute Gasteiger partial charge is 0.272 e. The van der Waals surface area contributed by atoms with Gasteiger partial charge in [-0.15, -0.1) is 0 Å². The number of alkyl halides is 2. The van der Waals surface area contributed by atoms with Crippen LogP contribution in [0.5, 0.6) is 5.88 Å². The molecule has 0 unspecified atom stereocenters. The summed E-state index contributed by atoms with van der Waals surface area (Å²) < 4.78 is 29.6. The molecule has 3 nitrogen and oxygen atoms in total. The number of aromatic nitrogens is 1. The van der Waals surface area contributed by atoms with Crippen molar-refractivity contribution in [3.05, 3.63) is 22.9 Å². The van der Waals surface area contributed by atoms with E-state index in [2.05, 4.69) is 24.1 Å². The van der Waals surface area contributed by atoms with Gasteiger partial charge < -0.3 is 10.1 Å². The lowest BCUT2D eigenvalue weighted by atomic mass is 10.1. The van der Waals surface area contributed by atoms with Crippen molar-refractivity contribution >= 4 is 0 Å². The van der Waals surface area contributed by atoms with Crippen LogP contribution in [-0.2, 0) is 6.54 Å². The average molecular weight is 272 g/mol. The van der Waals surface area contributed by atoms with Gasteiger partial charge in [-0.2, -0.15) is 0 Å². The molecule has 0 atom stereocenters. The number of hydrogen-bond acceptors (Lipinski definition) is 3. The summed E-state index contributed by atoms with van der Waals surface area (Å²) >= 11 is 0. The quantitative estimate of drug-likeness (QED) is 0.828. The summed E-state index contributed by atoms with van der Waals surface area (Å²) in [6.07, 6.45) is -2.49. The fraction of sp³-hybridized carbons (Fsp3) is 0.643. The van der Waals surface area contributed by atoms with Crippen LogP contribution in [0.2, 0.25) is 0 Å². The van der Waals surface area contributed by atoms with Crippen LogP contribution in [0, 0.1) is 19.8 Å². The van der Waals surface area contributed by atoms with Gasteiger partial charge in [0.05, 0.1) is 0 Å². The van der Waals surface area contributed by atoms with Crippen molar-refractivity contribution in [2.45, 2.75) is 40.7 Å². The van der Waals surface area contributed by atoms with Crippen LogP contribution in [0.3, 0.4) is 0 Å². The molecule has 1 heterocycles. The molecule has 0 aliphatic rings. The number of hydrogen-bond donors (Lipinski definition) is 1. The van der Waals surface area contributed by atoms with E-state index >= 15 is 0 Å². The number of ether oxygens (including phenoxy) is 1. The van der Waals surface area contributed by atoms with E-state index in [4.69, 9.17) is 4.74 Å². The van der Waals surface area contributed by atoms with Gasteiger partial charge in [-0.05, 0) is 37.9 Å². The van der Waals surface area contributed by atoms with Crippen molar-refractivity contribution in [3.8, 4) is 5.88 Å². The zero-order chi connectivity index (χ0) is 14.4. The van der Waals surface area contributed by atoms with Crippen molar-refractivity contribution in [2.24, 2.45) is 5.92 Å². The summed E-state index contributed by atoms with van der Waals surface area (Å²) in [5, 5.41) is 3.28. The van der Waals surface area contributed by atoms with Crippen molar-refractivity contribution < 1.29 is 13.5 Å². The maximum Gasteiger partial charge on any atom is 0.272 e. The van der Waals surface area contributed by atoms with Crippen molar-refractivity contribution in [2.75, 3.05) is 13.2 Å². The number of nitrogens with zero attached hydrogens (tertiary/aromatic N) is 1. The van der Waals surface area contributed by atoms with Crippen molar-refractivity contribution in [1.29, 1.82) is 0 Å². The van der Waals surface area contributed by atoms with E-state index in [1.807, 2.05) is 19.9 Å². The van der Waals surface area contributed by atoms with Gasteiger partial charge in [-0.1, -0.05) is 13.8 Å². The highest BCUT2D eigenvalue weighted by atomic mass is 19.3. The molecule has 0 amide bonds. The lowest BCUT2D eigenvalue weighted by molar-refractivity contribution is 0.0788. The maximum absolute atomic E-state index is 12.2. The van der Waals surface area contributed by atoms with Gasteiger partial charge in [0.25, 0.3) is 6.43 Å². The van der Waals surface area contributed by atoms with E-state index in [0.29, 0.717) is 18.3 Å². The van der Waals surface area contributed by atoms with E-state index in [1.165, 1.54) is 0 Å². The zero-order valence-electron chi connectivity index (χ0n) is 12.0. The fourth-order valence-electron chi connectivity index (χ4n) is 1.79. The average Bonchev–Trinajstić information content (AvgIpc) is 2.28. The summed E-state index contributed by atoms with van der Waals surface area (Å²) in [6, 6.07) is 1.93. The largest absolute Gasteiger partial charge is 0.471 e. The molecule has 1 N–H and O–H groups in total. The Morgan fingerprint density at radius 2 is 2.00 bits per heavy atom. The molecule has 1 aromatic heterocycles. The van der Waals surface area contributed by atoms with Crippen molar-refractivity contribution in [1.82, 2.24) is 10.3 Å².